The molecule has 0 bridgehead atoms. The third kappa shape index (κ3) is 11.0. The Bertz CT molecular complexity index is 264. The number of alkyl carbamates (subject to hydrolysis) is 1. The second kappa shape index (κ2) is 9.96. The minimum atomic E-state index is -0.473. The number of hydroxylamine groups is 1. The first-order chi connectivity index (χ1) is 9.26. The van der Waals surface area contributed by atoms with Gasteiger partial charge in [0.2, 0.25) is 0 Å². The van der Waals surface area contributed by atoms with E-state index in [2.05, 4.69) is 24.6 Å². The van der Waals surface area contributed by atoms with E-state index < -0.39 is 5.60 Å². The lowest BCUT2D eigenvalue weighted by atomic mass is 9.96. The summed E-state index contributed by atoms with van der Waals surface area (Å²) in [6.45, 7) is 12.0. The maximum atomic E-state index is 11.6. The van der Waals surface area contributed by atoms with E-state index in [0.717, 1.165) is 0 Å². The lowest BCUT2D eigenvalue weighted by Gasteiger charge is -2.24. The fourth-order valence-corrected chi connectivity index (χ4v) is 1.44. The Hall–Kier alpha value is -0.850. The number of ether oxygens (including phenoxy) is 2. The molecule has 0 aromatic rings. The van der Waals surface area contributed by atoms with E-state index in [1.807, 2.05) is 20.8 Å². The summed E-state index contributed by atoms with van der Waals surface area (Å²) >= 11 is 0. The molecule has 2 N–H and O–H groups in total. The van der Waals surface area contributed by atoms with Crippen LogP contribution in [0.1, 0.15) is 34.6 Å². The molecule has 0 fully saturated rings. The lowest BCUT2D eigenvalue weighted by molar-refractivity contribution is -0.00239. The van der Waals surface area contributed by atoms with Crippen LogP contribution in [0.2, 0.25) is 0 Å². The van der Waals surface area contributed by atoms with Gasteiger partial charge in [-0.2, -0.15) is 0 Å². The molecule has 0 aliphatic carbocycles. The van der Waals surface area contributed by atoms with Crippen LogP contribution in [0, 0.1) is 11.8 Å². The fraction of sp³-hybridized carbons (Fsp3) is 0.929. The summed E-state index contributed by atoms with van der Waals surface area (Å²) < 4.78 is 10.1. The van der Waals surface area contributed by atoms with Crippen LogP contribution < -0.4 is 10.8 Å². The fourth-order valence-electron chi connectivity index (χ4n) is 1.44. The number of amides is 1. The first-order valence-electron chi connectivity index (χ1n) is 7.06. The average Bonchev–Trinajstić information content (AvgIpc) is 2.29. The summed E-state index contributed by atoms with van der Waals surface area (Å²) in [7, 11) is 1.63. The van der Waals surface area contributed by atoms with Gasteiger partial charge in [0.25, 0.3) is 0 Å². The van der Waals surface area contributed by atoms with Crippen molar-refractivity contribution in [3.63, 3.8) is 0 Å². The highest BCUT2D eigenvalue weighted by molar-refractivity contribution is 5.67. The molecule has 0 saturated carbocycles. The maximum absolute atomic E-state index is 11.6. The average molecular weight is 290 g/mol. The van der Waals surface area contributed by atoms with Crippen LogP contribution in [0.5, 0.6) is 0 Å². The number of hydrogen-bond donors (Lipinski definition) is 2. The van der Waals surface area contributed by atoms with Crippen molar-refractivity contribution >= 4 is 6.09 Å². The summed E-state index contributed by atoms with van der Waals surface area (Å²) in [5, 5.41) is 2.79. The van der Waals surface area contributed by atoms with Crippen LogP contribution >= 0.6 is 0 Å². The van der Waals surface area contributed by atoms with Gasteiger partial charge in [0.05, 0.1) is 13.2 Å². The normalized spacial score (nSPS) is 13.3. The van der Waals surface area contributed by atoms with Gasteiger partial charge in [0.15, 0.2) is 0 Å². The number of carbonyl (C=O) groups is 1. The molecule has 6 heteroatoms. The monoisotopic (exact) mass is 290 g/mol. The van der Waals surface area contributed by atoms with Crippen molar-refractivity contribution in [1.82, 2.24) is 10.8 Å². The number of carbonyl (C=O) groups excluding carboxylic acids is 1. The molecule has 1 atom stereocenters. The van der Waals surface area contributed by atoms with E-state index in [1.54, 1.807) is 7.11 Å². The molecular weight excluding hydrogens is 260 g/mol. The number of hydrogen-bond acceptors (Lipinski definition) is 5. The molecule has 0 aromatic carbocycles. The Balaban J connectivity index is 3.94. The second-order valence-corrected chi connectivity index (χ2v) is 6.08. The Morgan fingerprint density at radius 3 is 2.30 bits per heavy atom. The minimum Gasteiger partial charge on any atom is -0.444 e. The van der Waals surface area contributed by atoms with Crippen LogP contribution in [0.15, 0.2) is 0 Å². The van der Waals surface area contributed by atoms with Crippen molar-refractivity contribution in [2.75, 3.05) is 33.4 Å². The quantitative estimate of drug-likeness (QED) is 0.502. The van der Waals surface area contributed by atoms with Gasteiger partial charge in [-0.05, 0) is 32.6 Å². The SMILES string of the molecule is COCCONCC(CNC(=O)OC(C)(C)C)C(C)C. The molecule has 0 spiro atoms. The van der Waals surface area contributed by atoms with Crippen LogP contribution in [0.4, 0.5) is 4.79 Å². The molecule has 0 aliphatic rings. The summed E-state index contributed by atoms with van der Waals surface area (Å²) in [5.74, 6) is 0.688. The number of rotatable bonds is 9. The molecule has 20 heavy (non-hydrogen) atoms. The highest BCUT2D eigenvalue weighted by Gasteiger charge is 2.19. The molecule has 0 radical (unpaired) electrons. The van der Waals surface area contributed by atoms with Gasteiger partial charge in [-0.1, -0.05) is 13.8 Å². The Morgan fingerprint density at radius 2 is 1.80 bits per heavy atom. The molecule has 0 rings (SSSR count). The summed E-state index contributed by atoms with van der Waals surface area (Å²) in [6.07, 6.45) is -0.386. The van der Waals surface area contributed by atoms with Gasteiger partial charge < -0.3 is 14.8 Å². The smallest absolute Gasteiger partial charge is 0.407 e. The predicted octanol–water partition coefficient (Wildman–Crippen LogP) is 1.95. The van der Waals surface area contributed by atoms with Crippen LogP contribution in [-0.4, -0.2) is 45.1 Å². The van der Waals surface area contributed by atoms with E-state index in [1.165, 1.54) is 0 Å². The van der Waals surface area contributed by atoms with E-state index in [4.69, 9.17) is 14.3 Å². The predicted molar refractivity (Wildman–Crippen MR) is 78.4 cm³/mol. The third-order valence-corrected chi connectivity index (χ3v) is 2.69. The molecule has 0 heterocycles. The molecule has 6 nitrogen and oxygen atoms in total. The third-order valence-electron chi connectivity index (χ3n) is 2.69. The first kappa shape index (κ1) is 19.1. The second-order valence-electron chi connectivity index (χ2n) is 6.08. The van der Waals surface area contributed by atoms with Crippen LogP contribution in [0.3, 0.4) is 0 Å². The Kier molecular flexibility index (Phi) is 9.54. The van der Waals surface area contributed by atoms with E-state index in [0.29, 0.717) is 32.2 Å². The Morgan fingerprint density at radius 1 is 1.15 bits per heavy atom. The Labute approximate surface area is 122 Å². The van der Waals surface area contributed by atoms with Crippen LogP contribution in [-0.2, 0) is 14.3 Å². The molecule has 0 saturated heterocycles. The van der Waals surface area contributed by atoms with E-state index in [9.17, 15) is 4.79 Å². The first-order valence-corrected chi connectivity index (χ1v) is 7.06. The summed E-state index contributed by atoms with van der Waals surface area (Å²) in [6, 6.07) is 0. The van der Waals surface area contributed by atoms with E-state index >= 15 is 0 Å². The standard InChI is InChI=1S/C14H30N2O4/c1-11(2)12(10-16-19-8-7-18-6)9-15-13(17)20-14(3,4)5/h11-12,16H,7-10H2,1-6H3,(H,15,17). The van der Waals surface area contributed by atoms with Crippen LogP contribution in [0.25, 0.3) is 0 Å². The molecule has 0 aliphatic heterocycles. The van der Waals surface area contributed by atoms with Crippen molar-refractivity contribution in [2.45, 2.75) is 40.2 Å². The lowest BCUT2D eigenvalue weighted by Crippen LogP contribution is -2.39. The molecular formula is C14H30N2O4. The summed E-state index contributed by atoms with van der Waals surface area (Å²) in [5.41, 5.74) is 2.43. The number of nitrogens with one attached hydrogen (secondary N) is 2. The molecule has 1 amide bonds. The largest absolute Gasteiger partial charge is 0.444 e. The zero-order chi connectivity index (χ0) is 15.6. The highest BCUT2D eigenvalue weighted by atomic mass is 16.7. The van der Waals surface area contributed by atoms with Crippen molar-refractivity contribution in [3.05, 3.63) is 0 Å². The van der Waals surface area contributed by atoms with Gasteiger partial charge in [-0.15, -0.1) is 0 Å². The van der Waals surface area contributed by atoms with Gasteiger partial charge in [-0.25, -0.2) is 10.3 Å². The van der Waals surface area contributed by atoms with E-state index in [-0.39, 0.29) is 12.0 Å². The van der Waals surface area contributed by atoms with Crippen molar-refractivity contribution < 1.29 is 19.1 Å². The zero-order valence-corrected chi connectivity index (χ0v) is 13.6. The topological polar surface area (TPSA) is 68.8 Å². The van der Waals surface area contributed by atoms with Crippen molar-refractivity contribution in [2.24, 2.45) is 11.8 Å². The van der Waals surface area contributed by atoms with Crippen molar-refractivity contribution in [1.29, 1.82) is 0 Å². The molecule has 120 valence electrons. The van der Waals surface area contributed by atoms with Crippen molar-refractivity contribution in [3.8, 4) is 0 Å². The van der Waals surface area contributed by atoms with Gasteiger partial charge >= 0.3 is 6.09 Å². The maximum Gasteiger partial charge on any atom is 0.407 e. The van der Waals surface area contributed by atoms with Gasteiger partial charge in [-0.3, -0.25) is 4.84 Å². The highest BCUT2D eigenvalue weighted by Crippen LogP contribution is 2.10. The number of methoxy groups -OCH3 is 1. The molecule has 1 unspecified atom stereocenters. The van der Waals surface area contributed by atoms with Gasteiger partial charge in [0.1, 0.15) is 5.60 Å². The zero-order valence-electron chi connectivity index (χ0n) is 13.6. The summed E-state index contributed by atoms with van der Waals surface area (Å²) in [4.78, 5) is 16.8. The minimum absolute atomic E-state index is 0.269. The van der Waals surface area contributed by atoms with Gasteiger partial charge in [0, 0.05) is 20.2 Å². The molecule has 0 aromatic heterocycles.